The van der Waals surface area contributed by atoms with Gasteiger partial charge in [0.2, 0.25) is 0 Å². The van der Waals surface area contributed by atoms with E-state index in [0.29, 0.717) is 12.8 Å². The Morgan fingerprint density at radius 1 is 0.509 bits per heavy atom. The molecule has 2 fully saturated rings. The monoisotopic (exact) mass is 795 g/mol. The second-order valence-electron chi connectivity index (χ2n) is 15.2. The molecule has 0 amide bonds. The number of aliphatic hydroxyl groups excluding tert-OH is 7. The van der Waals surface area contributed by atoms with Crippen LogP contribution in [0.2, 0.25) is 0 Å². The third-order valence-corrected chi connectivity index (χ3v) is 10.3. The van der Waals surface area contributed by atoms with Gasteiger partial charge in [0, 0.05) is 12.8 Å². The lowest BCUT2D eigenvalue weighted by Gasteiger charge is -2.42. The number of aliphatic hydroxyl groups is 7. The molecule has 2 aliphatic heterocycles. The Morgan fingerprint density at radius 3 is 1.45 bits per heavy atom. The molecule has 0 aromatic carbocycles. The van der Waals surface area contributed by atoms with E-state index in [4.69, 9.17) is 28.4 Å². The van der Waals surface area contributed by atoms with Crippen LogP contribution < -0.4 is 0 Å². The summed E-state index contributed by atoms with van der Waals surface area (Å²) in [4.78, 5) is 24.8. The lowest BCUT2D eigenvalue weighted by atomic mass is 9.98. The summed E-state index contributed by atoms with van der Waals surface area (Å²) in [6.07, 6.45) is 6.36. The number of rotatable bonds is 31. The van der Waals surface area contributed by atoms with Crippen molar-refractivity contribution in [2.24, 2.45) is 0 Å². The van der Waals surface area contributed by atoms with Gasteiger partial charge in [0.25, 0.3) is 0 Å². The second-order valence-corrected chi connectivity index (χ2v) is 15.2. The Hall–Kier alpha value is -1.50. The fraction of sp³-hybridized carbons (Fsp3) is 0.950. The zero-order valence-corrected chi connectivity index (χ0v) is 33.4. The molecular formula is C40H74O15. The van der Waals surface area contributed by atoms with Crippen molar-refractivity contribution in [1.29, 1.82) is 0 Å². The van der Waals surface area contributed by atoms with Gasteiger partial charge in [-0.3, -0.25) is 9.59 Å². The average Bonchev–Trinajstić information content (AvgIpc) is 3.17. The van der Waals surface area contributed by atoms with Crippen molar-refractivity contribution in [2.75, 3.05) is 26.4 Å². The van der Waals surface area contributed by atoms with Gasteiger partial charge in [0.15, 0.2) is 18.7 Å². The van der Waals surface area contributed by atoms with Gasteiger partial charge in [-0.1, -0.05) is 123 Å². The number of hydrogen-bond donors (Lipinski definition) is 7. The van der Waals surface area contributed by atoms with Crippen LogP contribution in [0.15, 0.2) is 0 Å². The molecule has 15 heteroatoms. The van der Waals surface area contributed by atoms with E-state index in [1.807, 2.05) is 6.92 Å². The van der Waals surface area contributed by atoms with Crippen LogP contribution in [0.25, 0.3) is 0 Å². The highest BCUT2D eigenvalue weighted by Crippen LogP contribution is 2.26. The Bertz CT molecular complexity index is 986. The van der Waals surface area contributed by atoms with E-state index in [-0.39, 0.29) is 26.1 Å². The molecule has 2 saturated heterocycles. The van der Waals surface area contributed by atoms with E-state index in [1.165, 1.54) is 89.9 Å². The molecule has 2 aliphatic rings. The summed E-state index contributed by atoms with van der Waals surface area (Å²) in [6, 6.07) is 0. The molecule has 0 radical (unpaired) electrons. The topological polar surface area (TPSA) is 231 Å². The lowest BCUT2D eigenvalue weighted by molar-refractivity contribution is -0.332. The minimum atomic E-state index is -1.75. The van der Waals surface area contributed by atoms with Crippen molar-refractivity contribution >= 4 is 11.9 Å². The van der Waals surface area contributed by atoms with Crippen LogP contribution >= 0.6 is 0 Å². The quantitative estimate of drug-likeness (QED) is 0.0394. The van der Waals surface area contributed by atoms with Crippen molar-refractivity contribution in [2.45, 2.75) is 216 Å². The number of esters is 2. The molecule has 11 unspecified atom stereocenters. The minimum absolute atomic E-state index is 0.170. The molecule has 2 rings (SSSR count). The first-order chi connectivity index (χ1) is 26.5. The van der Waals surface area contributed by atoms with Crippen molar-refractivity contribution in [3.63, 3.8) is 0 Å². The van der Waals surface area contributed by atoms with Crippen molar-refractivity contribution in [1.82, 2.24) is 0 Å². The highest BCUT2D eigenvalue weighted by atomic mass is 16.7. The van der Waals surface area contributed by atoms with Gasteiger partial charge < -0.3 is 64.2 Å². The van der Waals surface area contributed by atoms with E-state index in [9.17, 15) is 45.3 Å². The molecule has 0 aromatic heterocycles. The minimum Gasteiger partial charge on any atom is -0.462 e. The maximum atomic E-state index is 12.7. The van der Waals surface area contributed by atoms with E-state index < -0.39 is 92.7 Å². The van der Waals surface area contributed by atoms with Crippen molar-refractivity contribution < 1.29 is 73.8 Å². The highest BCUT2D eigenvalue weighted by Gasteiger charge is 2.47. The van der Waals surface area contributed by atoms with Crippen LogP contribution in [0.3, 0.4) is 0 Å². The van der Waals surface area contributed by atoms with E-state index in [0.717, 1.165) is 19.3 Å². The van der Waals surface area contributed by atoms with Crippen LogP contribution in [-0.4, -0.2) is 142 Å². The molecule has 15 nitrogen and oxygen atoms in total. The standard InChI is InChI=1S/C40H74O15/c1-3-5-6-7-8-9-10-11-12-13-14-15-16-17-18-19-20-21-23-32(43)53-28(25-50-31(42)22-4-2)26-51-39-38(49)36(47)34(45)30(55-39)27-52-40-37(48)35(46)33(44)29(24-41)54-40/h28-30,33-41,44-49H,3-27H2,1-2H3. The fourth-order valence-electron chi connectivity index (χ4n) is 6.78. The van der Waals surface area contributed by atoms with Crippen LogP contribution in [-0.2, 0) is 38.0 Å². The normalized spacial score (nSPS) is 28.9. The molecule has 0 bridgehead atoms. The highest BCUT2D eigenvalue weighted by molar-refractivity contribution is 5.70. The summed E-state index contributed by atoms with van der Waals surface area (Å²) >= 11 is 0. The Morgan fingerprint density at radius 2 is 0.964 bits per heavy atom. The Labute approximate surface area is 328 Å². The van der Waals surface area contributed by atoms with E-state index in [1.54, 1.807) is 0 Å². The summed E-state index contributed by atoms with van der Waals surface area (Å²) in [5.41, 5.74) is 0. The number of carbonyl (C=O) groups is 2. The van der Waals surface area contributed by atoms with Gasteiger partial charge in [-0.15, -0.1) is 0 Å². The first kappa shape index (κ1) is 49.6. The van der Waals surface area contributed by atoms with Crippen LogP contribution in [0, 0.1) is 0 Å². The summed E-state index contributed by atoms with van der Waals surface area (Å²) in [5, 5.41) is 71.2. The van der Waals surface area contributed by atoms with Crippen molar-refractivity contribution in [3.8, 4) is 0 Å². The van der Waals surface area contributed by atoms with Gasteiger partial charge in [-0.05, 0) is 12.8 Å². The Balaban J connectivity index is 1.71. The third kappa shape index (κ3) is 19.7. The predicted molar refractivity (Wildman–Crippen MR) is 201 cm³/mol. The molecule has 0 aromatic rings. The lowest BCUT2D eigenvalue weighted by Crippen LogP contribution is -2.61. The molecule has 2 heterocycles. The smallest absolute Gasteiger partial charge is 0.306 e. The molecule has 0 saturated carbocycles. The maximum Gasteiger partial charge on any atom is 0.306 e. The Kier molecular flexibility index (Phi) is 26.8. The number of ether oxygens (including phenoxy) is 6. The van der Waals surface area contributed by atoms with E-state index >= 15 is 0 Å². The van der Waals surface area contributed by atoms with Gasteiger partial charge >= 0.3 is 11.9 Å². The number of unbranched alkanes of at least 4 members (excludes halogenated alkanes) is 17. The molecule has 0 spiro atoms. The molecule has 55 heavy (non-hydrogen) atoms. The summed E-state index contributed by atoms with van der Waals surface area (Å²) in [6.45, 7) is 2.19. The van der Waals surface area contributed by atoms with Crippen LogP contribution in [0.1, 0.15) is 149 Å². The molecule has 324 valence electrons. The fourth-order valence-corrected chi connectivity index (χ4v) is 6.78. The molecular weight excluding hydrogens is 720 g/mol. The third-order valence-electron chi connectivity index (χ3n) is 10.3. The largest absolute Gasteiger partial charge is 0.462 e. The van der Waals surface area contributed by atoms with E-state index in [2.05, 4.69) is 6.92 Å². The average molecular weight is 795 g/mol. The zero-order valence-electron chi connectivity index (χ0n) is 33.4. The van der Waals surface area contributed by atoms with Gasteiger partial charge in [-0.2, -0.15) is 0 Å². The van der Waals surface area contributed by atoms with Crippen LogP contribution in [0.5, 0.6) is 0 Å². The van der Waals surface area contributed by atoms with Crippen LogP contribution in [0.4, 0.5) is 0 Å². The number of carbonyl (C=O) groups excluding carboxylic acids is 2. The summed E-state index contributed by atoms with van der Waals surface area (Å²) in [7, 11) is 0. The second kappa shape index (κ2) is 29.7. The van der Waals surface area contributed by atoms with Gasteiger partial charge in [0.05, 0.1) is 19.8 Å². The molecule has 0 aliphatic carbocycles. The molecule has 11 atom stereocenters. The number of hydrogen-bond acceptors (Lipinski definition) is 15. The first-order valence-corrected chi connectivity index (χ1v) is 21.1. The first-order valence-electron chi connectivity index (χ1n) is 21.1. The van der Waals surface area contributed by atoms with Gasteiger partial charge in [-0.25, -0.2) is 0 Å². The summed E-state index contributed by atoms with van der Waals surface area (Å²) < 4.78 is 32.9. The van der Waals surface area contributed by atoms with Gasteiger partial charge in [0.1, 0.15) is 55.4 Å². The van der Waals surface area contributed by atoms with Crippen molar-refractivity contribution in [3.05, 3.63) is 0 Å². The zero-order chi connectivity index (χ0) is 40.4. The summed E-state index contributed by atoms with van der Waals surface area (Å²) in [5.74, 6) is -0.979. The maximum absolute atomic E-state index is 12.7. The molecule has 7 N–H and O–H groups in total. The SMILES string of the molecule is CCCCCCCCCCCCCCCCCCCCC(=O)OC(COC(=O)CCC)COC1OC(COC2OC(CO)C(O)C(O)C2O)C(O)C(O)C1O. The predicted octanol–water partition coefficient (Wildman–Crippen LogP) is 3.31.